The van der Waals surface area contributed by atoms with Crippen molar-refractivity contribution >= 4 is 29.9 Å². The van der Waals surface area contributed by atoms with Gasteiger partial charge in [0.2, 0.25) is 5.89 Å². The topological polar surface area (TPSA) is 71.7 Å². The molecule has 0 saturated carbocycles. The number of ether oxygens (including phenoxy) is 1. The maximum Gasteiger partial charge on any atom is 0.226 e. The van der Waals surface area contributed by atoms with Gasteiger partial charge in [-0.15, -0.1) is 24.0 Å². The van der Waals surface area contributed by atoms with Crippen molar-refractivity contribution in [2.24, 2.45) is 4.99 Å². The van der Waals surface area contributed by atoms with Crippen molar-refractivity contribution in [2.45, 2.75) is 20.4 Å². The van der Waals surface area contributed by atoms with Gasteiger partial charge in [0.1, 0.15) is 12.0 Å². The number of benzene rings is 1. The first-order valence-corrected chi connectivity index (χ1v) is 7.93. The van der Waals surface area contributed by atoms with E-state index in [0.717, 1.165) is 30.4 Å². The highest BCUT2D eigenvalue weighted by molar-refractivity contribution is 14.0. The van der Waals surface area contributed by atoms with Gasteiger partial charge in [0, 0.05) is 25.3 Å². The molecule has 1 aromatic carbocycles. The van der Waals surface area contributed by atoms with Gasteiger partial charge in [-0.1, -0.05) is 18.2 Å². The Labute approximate surface area is 160 Å². The summed E-state index contributed by atoms with van der Waals surface area (Å²) >= 11 is 0. The smallest absolute Gasteiger partial charge is 0.226 e. The molecule has 1 aromatic heterocycles. The van der Waals surface area contributed by atoms with Gasteiger partial charge in [0.25, 0.3) is 0 Å². The van der Waals surface area contributed by atoms with Crippen LogP contribution in [-0.2, 0) is 11.3 Å². The number of guanidine groups is 1. The van der Waals surface area contributed by atoms with E-state index < -0.39 is 0 Å². The lowest BCUT2D eigenvalue weighted by Crippen LogP contribution is -2.39. The molecule has 7 heteroatoms. The Morgan fingerprint density at radius 3 is 2.71 bits per heavy atom. The van der Waals surface area contributed by atoms with E-state index >= 15 is 0 Å². The van der Waals surface area contributed by atoms with Crippen LogP contribution in [0.2, 0.25) is 0 Å². The molecule has 0 unspecified atom stereocenters. The molecule has 0 fully saturated rings. The summed E-state index contributed by atoms with van der Waals surface area (Å²) in [5, 5.41) is 6.41. The number of hydrogen-bond donors (Lipinski definition) is 2. The summed E-state index contributed by atoms with van der Waals surface area (Å²) in [6.07, 6.45) is 1.65. The van der Waals surface area contributed by atoms with Crippen molar-refractivity contribution in [3.8, 4) is 11.5 Å². The third-order valence-electron chi connectivity index (χ3n) is 3.06. The molecule has 0 saturated heterocycles. The molecule has 0 bridgehead atoms. The molecule has 6 nitrogen and oxygen atoms in total. The second kappa shape index (κ2) is 11.9. The zero-order valence-electron chi connectivity index (χ0n) is 14.1. The first-order valence-electron chi connectivity index (χ1n) is 7.93. The second-order valence-corrected chi connectivity index (χ2v) is 4.83. The van der Waals surface area contributed by atoms with Crippen molar-refractivity contribution in [1.82, 2.24) is 15.6 Å². The first-order chi connectivity index (χ1) is 11.3. The van der Waals surface area contributed by atoms with Crippen LogP contribution in [0, 0.1) is 0 Å². The molecule has 0 spiro atoms. The van der Waals surface area contributed by atoms with Crippen LogP contribution in [0.4, 0.5) is 0 Å². The van der Waals surface area contributed by atoms with Gasteiger partial charge in [-0.3, -0.25) is 0 Å². The molecule has 0 aliphatic heterocycles. The van der Waals surface area contributed by atoms with E-state index in [0.29, 0.717) is 25.6 Å². The molecule has 0 atom stereocenters. The van der Waals surface area contributed by atoms with E-state index in [9.17, 15) is 0 Å². The third kappa shape index (κ3) is 6.88. The van der Waals surface area contributed by atoms with Gasteiger partial charge in [0.15, 0.2) is 5.96 Å². The summed E-state index contributed by atoms with van der Waals surface area (Å²) in [7, 11) is 0. The van der Waals surface area contributed by atoms with Gasteiger partial charge in [-0.25, -0.2) is 9.98 Å². The number of oxazole rings is 1. The molecule has 0 aliphatic rings. The third-order valence-corrected chi connectivity index (χ3v) is 3.06. The monoisotopic (exact) mass is 444 g/mol. The summed E-state index contributed by atoms with van der Waals surface area (Å²) in [5.41, 5.74) is 1.76. The van der Waals surface area contributed by atoms with Crippen molar-refractivity contribution in [2.75, 3.05) is 26.3 Å². The van der Waals surface area contributed by atoms with E-state index in [1.54, 1.807) is 6.26 Å². The Bertz CT molecular complexity index is 602. The van der Waals surface area contributed by atoms with Crippen LogP contribution in [0.15, 0.2) is 46.0 Å². The molecule has 0 amide bonds. The van der Waals surface area contributed by atoms with E-state index in [-0.39, 0.29) is 24.0 Å². The fourth-order valence-corrected chi connectivity index (χ4v) is 1.98. The largest absolute Gasteiger partial charge is 0.444 e. The predicted molar refractivity (Wildman–Crippen MR) is 107 cm³/mol. The van der Waals surface area contributed by atoms with Crippen molar-refractivity contribution < 1.29 is 9.15 Å². The number of halogens is 1. The Morgan fingerprint density at radius 1 is 1.21 bits per heavy atom. The van der Waals surface area contributed by atoms with Crippen LogP contribution < -0.4 is 10.6 Å². The average Bonchev–Trinajstić information content (AvgIpc) is 3.06. The van der Waals surface area contributed by atoms with E-state index in [1.165, 1.54) is 0 Å². The minimum atomic E-state index is 0. The fourth-order valence-electron chi connectivity index (χ4n) is 1.98. The molecule has 2 aromatic rings. The Morgan fingerprint density at radius 2 is 2.00 bits per heavy atom. The van der Waals surface area contributed by atoms with Gasteiger partial charge in [-0.05, 0) is 26.0 Å². The fraction of sp³-hybridized carbons (Fsp3) is 0.412. The minimum absolute atomic E-state index is 0. The number of hydrogen-bond acceptors (Lipinski definition) is 4. The quantitative estimate of drug-likeness (QED) is 0.284. The number of aliphatic imine (C=N–C) groups is 1. The normalized spacial score (nSPS) is 11.0. The van der Waals surface area contributed by atoms with Crippen LogP contribution in [0.5, 0.6) is 0 Å². The zero-order valence-corrected chi connectivity index (χ0v) is 16.4. The van der Waals surface area contributed by atoms with E-state index in [2.05, 4.69) is 20.6 Å². The number of nitrogens with zero attached hydrogens (tertiary/aromatic N) is 2. The lowest BCUT2D eigenvalue weighted by molar-refractivity contribution is 0.152. The highest BCUT2D eigenvalue weighted by atomic mass is 127. The van der Waals surface area contributed by atoms with Crippen molar-refractivity contribution in [1.29, 1.82) is 0 Å². The zero-order chi connectivity index (χ0) is 16.3. The highest BCUT2D eigenvalue weighted by Gasteiger charge is 2.06. The summed E-state index contributed by atoms with van der Waals surface area (Å²) in [6.45, 7) is 7.36. The van der Waals surface area contributed by atoms with Gasteiger partial charge in [-0.2, -0.15) is 0 Å². The van der Waals surface area contributed by atoms with Crippen molar-refractivity contribution in [3.05, 3.63) is 42.3 Å². The summed E-state index contributed by atoms with van der Waals surface area (Å²) in [5.74, 6) is 1.36. The van der Waals surface area contributed by atoms with E-state index in [1.807, 2.05) is 44.2 Å². The van der Waals surface area contributed by atoms with Crippen LogP contribution in [-0.4, -0.2) is 37.2 Å². The molecule has 0 radical (unpaired) electrons. The van der Waals surface area contributed by atoms with Crippen LogP contribution in [0.25, 0.3) is 11.5 Å². The van der Waals surface area contributed by atoms with Crippen molar-refractivity contribution in [3.63, 3.8) is 0 Å². The van der Waals surface area contributed by atoms with Crippen LogP contribution in [0.3, 0.4) is 0 Å². The van der Waals surface area contributed by atoms with Gasteiger partial charge < -0.3 is 19.8 Å². The first kappa shape index (κ1) is 20.4. The Hall–Kier alpha value is -1.61. The van der Waals surface area contributed by atoms with Gasteiger partial charge >= 0.3 is 0 Å². The molecule has 132 valence electrons. The molecule has 24 heavy (non-hydrogen) atoms. The Kier molecular flexibility index (Phi) is 10.1. The molecule has 2 rings (SSSR count). The second-order valence-electron chi connectivity index (χ2n) is 4.83. The lowest BCUT2D eigenvalue weighted by atomic mass is 10.2. The number of nitrogens with one attached hydrogen (secondary N) is 2. The maximum absolute atomic E-state index is 5.51. The Balaban J connectivity index is 0.00000288. The summed E-state index contributed by atoms with van der Waals surface area (Å²) in [4.78, 5) is 8.97. The van der Waals surface area contributed by atoms with Crippen LogP contribution >= 0.6 is 24.0 Å². The lowest BCUT2D eigenvalue weighted by Gasteiger charge is -2.10. The molecular formula is C17H25IN4O2. The SMILES string of the molecule is CCNC(=NCc1coc(-c2ccccc2)n1)NCCOCC.I. The van der Waals surface area contributed by atoms with Crippen LogP contribution in [0.1, 0.15) is 19.5 Å². The highest BCUT2D eigenvalue weighted by Crippen LogP contribution is 2.18. The number of rotatable bonds is 8. The molecular weight excluding hydrogens is 419 g/mol. The predicted octanol–water partition coefficient (Wildman–Crippen LogP) is 3.05. The average molecular weight is 444 g/mol. The standard InChI is InChI=1S/C17H24N4O2.HI/c1-3-18-17(19-10-11-22-4-2)20-12-15-13-23-16(21-15)14-8-6-5-7-9-14;/h5-9,13H,3-4,10-12H2,1-2H3,(H2,18,19,20);1H. The summed E-state index contributed by atoms with van der Waals surface area (Å²) in [6, 6.07) is 9.83. The molecule has 2 N–H and O–H groups in total. The number of aromatic nitrogens is 1. The van der Waals surface area contributed by atoms with E-state index in [4.69, 9.17) is 9.15 Å². The minimum Gasteiger partial charge on any atom is -0.444 e. The molecule has 1 heterocycles. The molecule has 0 aliphatic carbocycles. The summed E-state index contributed by atoms with van der Waals surface area (Å²) < 4.78 is 10.8. The maximum atomic E-state index is 5.51. The van der Waals surface area contributed by atoms with Gasteiger partial charge in [0.05, 0.1) is 13.2 Å².